The van der Waals surface area contributed by atoms with Crippen LogP contribution in [0.1, 0.15) is 32.6 Å². The van der Waals surface area contributed by atoms with Crippen LogP contribution in [-0.2, 0) is 9.59 Å². The summed E-state index contributed by atoms with van der Waals surface area (Å²) in [6, 6.07) is -0.255. The molecule has 0 aromatic carbocycles. The molecular weight excluding hydrogens is 268 g/mol. The Balaban J connectivity index is 1.76. The van der Waals surface area contributed by atoms with E-state index in [0.717, 1.165) is 58.5 Å². The Morgan fingerprint density at radius 3 is 2.67 bits per heavy atom. The van der Waals surface area contributed by atoms with Gasteiger partial charge in [0.15, 0.2) is 0 Å². The predicted molar refractivity (Wildman–Crippen MR) is 82.0 cm³/mol. The van der Waals surface area contributed by atoms with Crippen LogP contribution < -0.4 is 10.6 Å². The van der Waals surface area contributed by atoms with Crippen LogP contribution in [0.2, 0.25) is 0 Å². The van der Waals surface area contributed by atoms with Crippen LogP contribution in [-0.4, -0.2) is 73.5 Å². The van der Waals surface area contributed by atoms with E-state index in [1.807, 2.05) is 6.92 Å². The number of carbonyl (C=O) groups is 2. The molecular formula is C15H28N4O2. The van der Waals surface area contributed by atoms with E-state index in [4.69, 9.17) is 0 Å². The van der Waals surface area contributed by atoms with Crippen molar-refractivity contribution < 1.29 is 9.59 Å². The molecule has 0 saturated carbocycles. The molecule has 6 heteroatoms. The Hall–Kier alpha value is -1.14. The van der Waals surface area contributed by atoms with Gasteiger partial charge in [-0.25, -0.2) is 0 Å². The van der Waals surface area contributed by atoms with E-state index in [1.165, 1.54) is 0 Å². The van der Waals surface area contributed by atoms with E-state index >= 15 is 0 Å². The fraction of sp³-hybridized carbons (Fsp3) is 0.867. The molecule has 0 radical (unpaired) electrons. The van der Waals surface area contributed by atoms with Gasteiger partial charge in [-0.05, 0) is 19.3 Å². The van der Waals surface area contributed by atoms with E-state index in [2.05, 4.69) is 15.5 Å². The highest BCUT2D eigenvalue weighted by molar-refractivity contribution is 5.87. The molecule has 2 aliphatic rings. The first-order valence-corrected chi connectivity index (χ1v) is 8.22. The molecule has 2 amide bonds. The number of piperidine rings is 1. The van der Waals surface area contributed by atoms with Crippen molar-refractivity contribution >= 4 is 11.8 Å². The second-order valence-electron chi connectivity index (χ2n) is 5.83. The third-order valence-corrected chi connectivity index (χ3v) is 4.37. The van der Waals surface area contributed by atoms with Crippen molar-refractivity contribution in [1.29, 1.82) is 0 Å². The second kappa shape index (κ2) is 8.34. The number of likely N-dealkylation sites (tertiary alicyclic amines) is 1. The summed E-state index contributed by atoms with van der Waals surface area (Å²) in [5.74, 6) is 0.114. The van der Waals surface area contributed by atoms with Gasteiger partial charge in [-0.1, -0.05) is 6.92 Å². The molecule has 2 saturated heterocycles. The molecule has 120 valence electrons. The van der Waals surface area contributed by atoms with Crippen LogP contribution in [0.3, 0.4) is 0 Å². The summed E-state index contributed by atoms with van der Waals surface area (Å²) in [5.41, 5.74) is 0. The molecule has 0 spiro atoms. The van der Waals surface area contributed by atoms with Crippen molar-refractivity contribution in [2.75, 3.05) is 45.8 Å². The van der Waals surface area contributed by atoms with E-state index in [9.17, 15) is 9.59 Å². The Morgan fingerprint density at radius 1 is 1.19 bits per heavy atom. The van der Waals surface area contributed by atoms with E-state index in [-0.39, 0.29) is 17.9 Å². The topological polar surface area (TPSA) is 64.7 Å². The first kappa shape index (κ1) is 16.2. The van der Waals surface area contributed by atoms with Crippen LogP contribution in [0.25, 0.3) is 0 Å². The van der Waals surface area contributed by atoms with E-state index < -0.39 is 0 Å². The Morgan fingerprint density at radius 2 is 1.95 bits per heavy atom. The highest BCUT2D eigenvalue weighted by Gasteiger charge is 2.30. The zero-order chi connectivity index (χ0) is 15.1. The number of piperazine rings is 1. The van der Waals surface area contributed by atoms with E-state index in [1.54, 1.807) is 4.90 Å². The summed E-state index contributed by atoms with van der Waals surface area (Å²) in [4.78, 5) is 28.4. The maximum atomic E-state index is 12.3. The number of hydrogen-bond acceptors (Lipinski definition) is 4. The number of nitrogens with zero attached hydrogens (tertiary/aromatic N) is 2. The fourth-order valence-electron chi connectivity index (χ4n) is 3.10. The quantitative estimate of drug-likeness (QED) is 0.737. The summed E-state index contributed by atoms with van der Waals surface area (Å²) in [6.07, 6.45) is 3.31. The van der Waals surface area contributed by atoms with Gasteiger partial charge in [0.25, 0.3) is 0 Å². The van der Waals surface area contributed by atoms with Crippen molar-refractivity contribution in [2.45, 2.75) is 38.6 Å². The summed E-state index contributed by atoms with van der Waals surface area (Å²) in [6.45, 7) is 8.27. The lowest BCUT2D eigenvalue weighted by molar-refractivity contribution is -0.142. The van der Waals surface area contributed by atoms with Gasteiger partial charge < -0.3 is 15.5 Å². The fourth-order valence-corrected chi connectivity index (χ4v) is 3.10. The van der Waals surface area contributed by atoms with Gasteiger partial charge in [0.05, 0.1) is 0 Å². The van der Waals surface area contributed by atoms with Crippen molar-refractivity contribution in [3.05, 3.63) is 0 Å². The number of carbonyl (C=O) groups excluding carboxylic acids is 2. The highest BCUT2D eigenvalue weighted by Crippen LogP contribution is 2.18. The third-order valence-electron chi connectivity index (χ3n) is 4.37. The highest BCUT2D eigenvalue weighted by atomic mass is 16.2. The summed E-state index contributed by atoms with van der Waals surface area (Å²) >= 11 is 0. The number of hydrogen-bond donors (Lipinski definition) is 2. The lowest BCUT2D eigenvalue weighted by Gasteiger charge is -2.35. The molecule has 1 unspecified atom stereocenters. The monoisotopic (exact) mass is 296 g/mol. The minimum absolute atomic E-state index is 0.0200. The normalized spacial score (nSPS) is 23.9. The van der Waals surface area contributed by atoms with Crippen molar-refractivity contribution in [3.8, 4) is 0 Å². The Kier molecular flexibility index (Phi) is 6.45. The molecule has 0 bridgehead atoms. The first-order chi connectivity index (χ1) is 10.2. The Labute approximate surface area is 127 Å². The number of nitrogens with one attached hydrogen (secondary N) is 2. The van der Waals surface area contributed by atoms with Gasteiger partial charge in [0, 0.05) is 52.2 Å². The van der Waals surface area contributed by atoms with Crippen LogP contribution in [0.5, 0.6) is 0 Å². The Bertz CT molecular complexity index is 356. The average Bonchev–Trinajstić information content (AvgIpc) is 2.55. The molecule has 2 fully saturated rings. The van der Waals surface area contributed by atoms with Gasteiger partial charge in [-0.2, -0.15) is 0 Å². The average molecular weight is 296 g/mol. The minimum Gasteiger partial charge on any atom is -0.353 e. The lowest BCUT2D eigenvalue weighted by Crippen LogP contribution is -2.53. The maximum absolute atomic E-state index is 12.3. The first-order valence-electron chi connectivity index (χ1n) is 8.22. The third kappa shape index (κ3) is 4.68. The van der Waals surface area contributed by atoms with Crippen molar-refractivity contribution in [3.63, 3.8) is 0 Å². The molecule has 6 nitrogen and oxygen atoms in total. The molecule has 0 aromatic rings. The number of amides is 2. The smallest absolute Gasteiger partial charge is 0.242 e. The molecule has 0 aliphatic carbocycles. The van der Waals surface area contributed by atoms with Gasteiger partial charge in [-0.3, -0.25) is 14.5 Å². The molecule has 0 aromatic heterocycles. The van der Waals surface area contributed by atoms with Crippen LogP contribution >= 0.6 is 0 Å². The van der Waals surface area contributed by atoms with E-state index in [0.29, 0.717) is 13.0 Å². The predicted octanol–water partition coefficient (Wildman–Crippen LogP) is -0.201. The number of rotatable bonds is 5. The van der Waals surface area contributed by atoms with Crippen LogP contribution in [0, 0.1) is 0 Å². The molecule has 21 heavy (non-hydrogen) atoms. The van der Waals surface area contributed by atoms with Gasteiger partial charge in [-0.15, -0.1) is 0 Å². The van der Waals surface area contributed by atoms with Gasteiger partial charge >= 0.3 is 0 Å². The SMILES string of the molecule is CCC(=O)N1CCCCC1C(=O)NCCN1CCNCC1. The van der Waals surface area contributed by atoms with Gasteiger partial charge in [0.1, 0.15) is 6.04 Å². The summed E-state index contributed by atoms with van der Waals surface area (Å²) in [5, 5.41) is 6.33. The largest absolute Gasteiger partial charge is 0.353 e. The maximum Gasteiger partial charge on any atom is 0.242 e. The molecule has 1 atom stereocenters. The standard InChI is InChI=1S/C15H28N4O2/c1-2-14(20)19-9-4-3-5-13(19)15(21)17-8-12-18-10-6-16-7-11-18/h13,16H,2-12H2,1H3,(H,17,21). The minimum atomic E-state index is -0.255. The summed E-state index contributed by atoms with van der Waals surface area (Å²) in [7, 11) is 0. The lowest BCUT2D eigenvalue weighted by atomic mass is 10.0. The second-order valence-corrected chi connectivity index (χ2v) is 5.83. The van der Waals surface area contributed by atoms with Crippen LogP contribution in [0.4, 0.5) is 0 Å². The molecule has 2 N–H and O–H groups in total. The molecule has 2 heterocycles. The van der Waals surface area contributed by atoms with Crippen molar-refractivity contribution in [2.24, 2.45) is 0 Å². The van der Waals surface area contributed by atoms with Crippen molar-refractivity contribution in [1.82, 2.24) is 20.4 Å². The zero-order valence-corrected chi connectivity index (χ0v) is 13.1. The zero-order valence-electron chi connectivity index (χ0n) is 13.1. The van der Waals surface area contributed by atoms with Gasteiger partial charge in [0.2, 0.25) is 11.8 Å². The molecule has 2 rings (SSSR count). The summed E-state index contributed by atoms with van der Waals surface area (Å²) < 4.78 is 0. The van der Waals surface area contributed by atoms with Crippen LogP contribution in [0.15, 0.2) is 0 Å². The molecule has 2 aliphatic heterocycles.